The van der Waals surface area contributed by atoms with Crippen molar-refractivity contribution in [2.24, 2.45) is 0 Å². The topological polar surface area (TPSA) is 34.1 Å². The van der Waals surface area contributed by atoms with Crippen molar-refractivity contribution in [3.8, 4) is 0 Å². The van der Waals surface area contributed by atoms with E-state index in [0.717, 1.165) is 25.7 Å². The lowest BCUT2D eigenvalue weighted by Gasteiger charge is -2.07. The first-order valence-corrected chi connectivity index (χ1v) is 6.60. The molecule has 2 nitrogen and oxygen atoms in total. The summed E-state index contributed by atoms with van der Waals surface area (Å²) in [4.78, 5) is 0. The van der Waals surface area contributed by atoms with Crippen molar-refractivity contribution in [2.45, 2.75) is 50.7 Å². The van der Waals surface area contributed by atoms with Crippen LogP contribution in [-0.2, 0) is 9.84 Å². The SMILES string of the molecule is CCCCCC1CCCS1(=O)=O. The molecule has 1 aliphatic rings. The van der Waals surface area contributed by atoms with E-state index in [1.54, 1.807) is 0 Å². The van der Waals surface area contributed by atoms with Gasteiger partial charge in [-0.15, -0.1) is 0 Å². The Hall–Kier alpha value is -0.0500. The van der Waals surface area contributed by atoms with Crippen LogP contribution in [0.2, 0.25) is 0 Å². The fourth-order valence-corrected chi connectivity index (χ4v) is 3.76. The van der Waals surface area contributed by atoms with Gasteiger partial charge in [-0.1, -0.05) is 26.2 Å². The molecule has 1 heterocycles. The monoisotopic (exact) mass is 190 g/mol. The van der Waals surface area contributed by atoms with E-state index in [1.165, 1.54) is 12.8 Å². The van der Waals surface area contributed by atoms with Gasteiger partial charge in [0.15, 0.2) is 9.84 Å². The summed E-state index contributed by atoms with van der Waals surface area (Å²) in [5, 5.41) is 0.00375. The molecule has 3 heteroatoms. The van der Waals surface area contributed by atoms with Crippen LogP contribution in [0.3, 0.4) is 0 Å². The largest absolute Gasteiger partial charge is 0.229 e. The summed E-state index contributed by atoms with van der Waals surface area (Å²) in [6, 6.07) is 0. The maximum Gasteiger partial charge on any atom is 0.153 e. The Morgan fingerprint density at radius 1 is 1.33 bits per heavy atom. The number of sulfone groups is 1. The van der Waals surface area contributed by atoms with E-state index in [9.17, 15) is 8.42 Å². The first-order chi connectivity index (χ1) is 5.67. The normalized spacial score (nSPS) is 27.6. The smallest absolute Gasteiger partial charge is 0.153 e. The van der Waals surface area contributed by atoms with Crippen molar-refractivity contribution in [2.75, 3.05) is 5.75 Å². The molecule has 0 aromatic carbocycles. The third kappa shape index (κ3) is 2.47. The molecule has 0 amide bonds. The van der Waals surface area contributed by atoms with Crippen LogP contribution < -0.4 is 0 Å². The summed E-state index contributed by atoms with van der Waals surface area (Å²) in [6.45, 7) is 2.14. The van der Waals surface area contributed by atoms with Gasteiger partial charge in [0.25, 0.3) is 0 Å². The summed E-state index contributed by atoms with van der Waals surface area (Å²) in [6.07, 6.45) is 6.13. The molecule has 1 saturated heterocycles. The van der Waals surface area contributed by atoms with Gasteiger partial charge in [-0.3, -0.25) is 0 Å². The summed E-state index contributed by atoms with van der Waals surface area (Å²) in [5.74, 6) is 0.434. The standard InChI is InChI=1S/C9H18O2S/c1-2-3-4-6-9-7-5-8-12(9,10)11/h9H,2-8H2,1H3. The van der Waals surface area contributed by atoms with Crippen LogP contribution in [0, 0.1) is 0 Å². The highest BCUT2D eigenvalue weighted by molar-refractivity contribution is 7.92. The van der Waals surface area contributed by atoms with Crippen LogP contribution in [0.25, 0.3) is 0 Å². The van der Waals surface area contributed by atoms with Gasteiger partial charge in [0.05, 0.1) is 11.0 Å². The summed E-state index contributed by atoms with van der Waals surface area (Å²) >= 11 is 0. The maximum atomic E-state index is 11.4. The molecule has 0 bridgehead atoms. The molecule has 1 aliphatic heterocycles. The van der Waals surface area contributed by atoms with Gasteiger partial charge in [-0.2, -0.15) is 0 Å². The molecule has 1 rings (SSSR count). The van der Waals surface area contributed by atoms with Crippen LogP contribution in [-0.4, -0.2) is 19.4 Å². The van der Waals surface area contributed by atoms with E-state index in [-0.39, 0.29) is 5.25 Å². The zero-order valence-corrected chi connectivity index (χ0v) is 8.57. The lowest BCUT2D eigenvalue weighted by molar-refractivity contribution is 0.568. The van der Waals surface area contributed by atoms with Gasteiger partial charge in [-0.05, 0) is 19.3 Å². The van der Waals surface area contributed by atoms with Crippen LogP contribution in [0.4, 0.5) is 0 Å². The third-order valence-electron chi connectivity index (χ3n) is 2.59. The van der Waals surface area contributed by atoms with Gasteiger partial charge in [-0.25, -0.2) is 8.42 Å². The van der Waals surface area contributed by atoms with Crippen molar-refractivity contribution in [1.29, 1.82) is 0 Å². The molecule has 1 unspecified atom stereocenters. The number of hydrogen-bond acceptors (Lipinski definition) is 2. The predicted octanol–water partition coefficient (Wildman–Crippen LogP) is 2.14. The molecule has 0 aliphatic carbocycles. The van der Waals surface area contributed by atoms with Crippen molar-refractivity contribution in [3.05, 3.63) is 0 Å². The van der Waals surface area contributed by atoms with Crippen LogP contribution in [0.1, 0.15) is 45.4 Å². The van der Waals surface area contributed by atoms with E-state index >= 15 is 0 Å². The molecule has 0 radical (unpaired) electrons. The Labute approximate surface area is 75.3 Å². The van der Waals surface area contributed by atoms with E-state index in [1.807, 2.05) is 0 Å². The average Bonchev–Trinajstić information content (AvgIpc) is 2.32. The summed E-state index contributed by atoms with van der Waals surface area (Å²) < 4.78 is 22.7. The van der Waals surface area contributed by atoms with Gasteiger partial charge < -0.3 is 0 Å². The van der Waals surface area contributed by atoms with Crippen LogP contribution >= 0.6 is 0 Å². The van der Waals surface area contributed by atoms with Crippen molar-refractivity contribution >= 4 is 9.84 Å². The molecule has 0 aromatic heterocycles. The summed E-state index contributed by atoms with van der Waals surface area (Å²) in [5.41, 5.74) is 0. The lowest BCUT2D eigenvalue weighted by atomic mass is 10.1. The molecule has 1 fully saturated rings. The zero-order valence-electron chi connectivity index (χ0n) is 7.75. The Morgan fingerprint density at radius 3 is 2.58 bits per heavy atom. The molecule has 72 valence electrons. The Kier molecular flexibility index (Phi) is 3.56. The van der Waals surface area contributed by atoms with Gasteiger partial charge in [0.1, 0.15) is 0 Å². The molecule has 0 spiro atoms. The molecular weight excluding hydrogens is 172 g/mol. The number of unbranched alkanes of at least 4 members (excludes halogenated alkanes) is 2. The fraction of sp³-hybridized carbons (Fsp3) is 1.00. The predicted molar refractivity (Wildman–Crippen MR) is 51.0 cm³/mol. The second kappa shape index (κ2) is 4.26. The minimum absolute atomic E-state index is 0.00375. The Balaban J connectivity index is 2.32. The molecule has 12 heavy (non-hydrogen) atoms. The molecule has 1 atom stereocenters. The average molecular weight is 190 g/mol. The summed E-state index contributed by atoms with van der Waals surface area (Å²) in [7, 11) is -2.67. The second-order valence-corrected chi connectivity index (χ2v) is 6.03. The van der Waals surface area contributed by atoms with Crippen molar-refractivity contribution in [3.63, 3.8) is 0 Å². The number of rotatable bonds is 4. The fourth-order valence-electron chi connectivity index (χ4n) is 1.80. The van der Waals surface area contributed by atoms with Gasteiger partial charge >= 0.3 is 0 Å². The first kappa shape index (κ1) is 10.0. The molecular formula is C9H18O2S. The minimum Gasteiger partial charge on any atom is -0.229 e. The molecule has 0 saturated carbocycles. The lowest BCUT2D eigenvalue weighted by Crippen LogP contribution is -2.15. The van der Waals surface area contributed by atoms with E-state index in [2.05, 4.69) is 6.92 Å². The van der Waals surface area contributed by atoms with Crippen molar-refractivity contribution in [1.82, 2.24) is 0 Å². The zero-order chi connectivity index (χ0) is 9.03. The van der Waals surface area contributed by atoms with Gasteiger partial charge in [0.2, 0.25) is 0 Å². The van der Waals surface area contributed by atoms with E-state index in [0.29, 0.717) is 5.75 Å². The Bertz CT molecular complexity index is 219. The van der Waals surface area contributed by atoms with Gasteiger partial charge in [0, 0.05) is 0 Å². The van der Waals surface area contributed by atoms with E-state index < -0.39 is 9.84 Å². The maximum absolute atomic E-state index is 11.4. The van der Waals surface area contributed by atoms with Crippen LogP contribution in [0.5, 0.6) is 0 Å². The molecule has 0 N–H and O–H groups in total. The highest BCUT2D eigenvalue weighted by Gasteiger charge is 2.30. The second-order valence-electron chi connectivity index (χ2n) is 3.63. The van der Waals surface area contributed by atoms with E-state index in [4.69, 9.17) is 0 Å². The highest BCUT2D eigenvalue weighted by atomic mass is 32.2. The Morgan fingerprint density at radius 2 is 2.08 bits per heavy atom. The van der Waals surface area contributed by atoms with Crippen molar-refractivity contribution < 1.29 is 8.42 Å². The van der Waals surface area contributed by atoms with Crippen LogP contribution in [0.15, 0.2) is 0 Å². The molecule has 0 aromatic rings. The first-order valence-electron chi connectivity index (χ1n) is 4.88. The quantitative estimate of drug-likeness (QED) is 0.636. The third-order valence-corrected chi connectivity index (χ3v) is 4.94. The highest BCUT2D eigenvalue weighted by Crippen LogP contribution is 2.24. The minimum atomic E-state index is -2.67. The number of hydrogen-bond donors (Lipinski definition) is 0.